The van der Waals surface area contributed by atoms with E-state index in [1.807, 2.05) is 6.92 Å². The van der Waals surface area contributed by atoms with E-state index in [9.17, 15) is 18.5 Å². The van der Waals surface area contributed by atoms with Crippen LogP contribution in [0.1, 0.15) is 11.1 Å². The first kappa shape index (κ1) is 21.8. The molecule has 0 saturated carbocycles. The van der Waals surface area contributed by atoms with Gasteiger partial charge in [-0.2, -0.15) is 8.42 Å². The summed E-state index contributed by atoms with van der Waals surface area (Å²) in [5, 5.41) is 11.1. The van der Waals surface area contributed by atoms with E-state index in [2.05, 4.69) is 4.99 Å². The molecule has 0 aliphatic rings. The highest BCUT2D eigenvalue weighted by Gasteiger charge is 2.21. The van der Waals surface area contributed by atoms with E-state index in [0.29, 0.717) is 0 Å². The Morgan fingerprint density at radius 3 is 2.43 bits per heavy atom. The van der Waals surface area contributed by atoms with Crippen molar-refractivity contribution in [1.82, 2.24) is 0 Å². The Balaban J connectivity index is 1.99. The summed E-state index contributed by atoms with van der Waals surface area (Å²) in [7, 11) is -4.17. The summed E-state index contributed by atoms with van der Waals surface area (Å²) in [5.41, 5.74) is 1.23. The van der Waals surface area contributed by atoms with E-state index in [1.165, 1.54) is 48.7 Å². The lowest BCUT2D eigenvalue weighted by molar-refractivity contribution is -0.384. The lowest BCUT2D eigenvalue weighted by Gasteiger charge is -2.12. The summed E-state index contributed by atoms with van der Waals surface area (Å²) >= 11 is 12.2. The molecule has 0 N–H and O–H groups in total. The molecule has 0 aliphatic heterocycles. The van der Waals surface area contributed by atoms with Crippen molar-refractivity contribution in [2.24, 2.45) is 4.99 Å². The molecular weight excluding hydrogens is 451 g/mol. The predicted octanol–water partition coefficient (Wildman–Crippen LogP) is 5.73. The third-order valence-corrected chi connectivity index (χ3v) is 5.67. The van der Waals surface area contributed by atoms with Crippen LogP contribution in [0.25, 0.3) is 0 Å². The van der Waals surface area contributed by atoms with E-state index in [4.69, 9.17) is 27.4 Å². The Hall–Kier alpha value is -2.94. The van der Waals surface area contributed by atoms with Crippen LogP contribution in [0.2, 0.25) is 10.0 Å². The number of hydrogen-bond acceptors (Lipinski definition) is 6. The fraction of sp³-hybridized carbons (Fsp3) is 0.0500. The van der Waals surface area contributed by atoms with Crippen molar-refractivity contribution in [3.05, 3.63) is 92.0 Å². The number of benzene rings is 3. The summed E-state index contributed by atoms with van der Waals surface area (Å²) in [4.78, 5) is 14.5. The van der Waals surface area contributed by atoms with Gasteiger partial charge in [0.05, 0.1) is 15.6 Å². The maximum Gasteiger partial charge on any atom is 0.339 e. The van der Waals surface area contributed by atoms with Crippen LogP contribution in [-0.2, 0) is 10.1 Å². The van der Waals surface area contributed by atoms with E-state index >= 15 is 0 Å². The van der Waals surface area contributed by atoms with Gasteiger partial charge in [-0.1, -0.05) is 47.0 Å². The number of aryl methyl sites for hydroxylation is 1. The van der Waals surface area contributed by atoms with Crippen LogP contribution in [0.15, 0.2) is 70.6 Å². The van der Waals surface area contributed by atoms with E-state index in [-0.39, 0.29) is 37.6 Å². The number of nitrogens with zero attached hydrogens (tertiary/aromatic N) is 2. The predicted molar refractivity (Wildman–Crippen MR) is 116 cm³/mol. The lowest BCUT2D eigenvalue weighted by atomic mass is 10.2. The average Bonchev–Trinajstić information content (AvgIpc) is 2.69. The molecule has 0 fully saturated rings. The van der Waals surface area contributed by atoms with Gasteiger partial charge >= 0.3 is 10.1 Å². The zero-order chi connectivity index (χ0) is 21.9. The Kier molecular flexibility index (Phi) is 6.40. The number of hydrogen-bond donors (Lipinski definition) is 0. The molecule has 0 heterocycles. The standard InChI is InChI=1S/C20H14Cl2N2O5S/c1-13-5-7-18(8-6-13)30(27,28)29-20-14(9-15(21)10-19(20)22)12-23-16-3-2-4-17(11-16)24(25)26/h2-12H,1H3. The monoisotopic (exact) mass is 464 g/mol. The third-order valence-electron chi connectivity index (χ3n) is 3.93. The van der Waals surface area contributed by atoms with Crippen molar-refractivity contribution in [3.8, 4) is 5.75 Å². The van der Waals surface area contributed by atoms with Gasteiger partial charge in [-0.05, 0) is 37.3 Å². The molecule has 10 heteroatoms. The molecule has 154 valence electrons. The number of non-ortho nitro benzene ring substituents is 1. The van der Waals surface area contributed by atoms with Gasteiger partial charge in [0.25, 0.3) is 5.69 Å². The van der Waals surface area contributed by atoms with Crippen LogP contribution in [0.4, 0.5) is 11.4 Å². The molecule has 3 aromatic rings. The van der Waals surface area contributed by atoms with Crippen LogP contribution in [0.5, 0.6) is 5.75 Å². The van der Waals surface area contributed by atoms with Gasteiger partial charge in [0.2, 0.25) is 0 Å². The Bertz CT molecular complexity index is 1240. The van der Waals surface area contributed by atoms with E-state index in [1.54, 1.807) is 18.2 Å². The number of rotatable bonds is 6. The first-order valence-corrected chi connectivity index (χ1v) is 10.6. The van der Waals surface area contributed by atoms with E-state index < -0.39 is 15.0 Å². The van der Waals surface area contributed by atoms with Crippen LogP contribution in [-0.4, -0.2) is 19.6 Å². The SMILES string of the molecule is Cc1ccc(S(=O)(=O)Oc2c(Cl)cc(Cl)cc2C=Nc2cccc([N+](=O)[O-])c2)cc1. The van der Waals surface area contributed by atoms with Crippen molar-refractivity contribution >= 4 is 50.9 Å². The van der Waals surface area contributed by atoms with Crippen molar-refractivity contribution in [3.63, 3.8) is 0 Å². The Morgan fingerprint density at radius 2 is 1.77 bits per heavy atom. The molecule has 3 rings (SSSR count). The Morgan fingerprint density at radius 1 is 1.07 bits per heavy atom. The summed E-state index contributed by atoms with van der Waals surface area (Å²) in [5.74, 6) is -0.157. The minimum absolute atomic E-state index is 0.0290. The van der Waals surface area contributed by atoms with Gasteiger partial charge in [0.15, 0.2) is 5.75 Å². The normalized spacial score (nSPS) is 11.6. The smallest absolute Gasteiger partial charge is 0.339 e. The molecule has 0 aliphatic carbocycles. The fourth-order valence-electron chi connectivity index (χ4n) is 2.46. The molecule has 0 radical (unpaired) electrons. The summed E-state index contributed by atoms with van der Waals surface area (Å²) in [6, 6.07) is 14.5. The highest BCUT2D eigenvalue weighted by molar-refractivity contribution is 7.87. The molecule has 7 nitrogen and oxygen atoms in total. The van der Waals surface area contributed by atoms with Crippen LogP contribution < -0.4 is 4.18 Å². The van der Waals surface area contributed by atoms with Gasteiger partial charge in [0.1, 0.15) is 4.90 Å². The summed E-state index contributed by atoms with van der Waals surface area (Å²) < 4.78 is 30.6. The van der Waals surface area contributed by atoms with Gasteiger partial charge in [-0.15, -0.1) is 0 Å². The molecule has 30 heavy (non-hydrogen) atoms. The average molecular weight is 465 g/mol. The molecule has 3 aromatic carbocycles. The molecule has 0 saturated heterocycles. The highest BCUT2D eigenvalue weighted by Crippen LogP contribution is 2.34. The fourth-order valence-corrected chi connectivity index (χ4v) is 4.02. The molecular formula is C20H14Cl2N2O5S. The first-order chi connectivity index (χ1) is 14.2. The first-order valence-electron chi connectivity index (χ1n) is 8.44. The lowest BCUT2D eigenvalue weighted by Crippen LogP contribution is -2.11. The number of aliphatic imine (C=N–C) groups is 1. The van der Waals surface area contributed by atoms with Crippen molar-refractivity contribution in [2.45, 2.75) is 11.8 Å². The molecule has 0 amide bonds. The maximum absolute atomic E-state index is 12.7. The quantitative estimate of drug-likeness (QED) is 0.200. The molecule has 0 unspecified atom stereocenters. The topological polar surface area (TPSA) is 98.9 Å². The van der Waals surface area contributed by atoms with E-state index in [0.717, 1.165) is 5.56 Å². The van der Waals surface area contributed by atoms with Crippen molar-refractivity contribution in [2.75, 3.05) is 0 Å². The van der Waals surface area contributed by atoms with Gasteiger partial charge in [0, 0.05) is 28.9 Å². The number of nitro benzene ring substituents is 1. The minimum atomic E-state index is -4.17. The summed E-state index contributed by atoms with van der Waals surface area (Å²) in [6.07, 6.45) is 1.27. The molecule has 0 atom stereocenters. The zero-order valence-electron chi connectivity index (χ0n) is 15.5. The maximum atomic E-state index is 12.7. The second-order valence-electron chi connectivity index (χ2n) is 6.19. The molecule has 0 spiro atoms. The largest absolute Gasteiger partial charge is 0.377 e. The zero-order valence-corrected chi connectivity index (χ0v) is 17.8. The molecule has 0 bridgehead atoms. The second kappa shape index (κ2) is 8.83. The van der Waals surface area contributed by atoms with Crippen LogP contribution in [0.3, 0.4) is 0 Å². The second-order valence-corrected chi connectivity index (χ2v) is 8.58. The minimum Gasteiger partial charge on any atom is -0.377 e. The van der Waals surface area contributed by atoms with Gasteiger partial charge in [-0.3, -0.25) is 15.1 Å². The highest BCUT2D eigenvalue weighted by atomic mass is 35.5. The third kappa shape index (κ3) is 5.15. The van der Waals surface area contributed by atoms with Gasteiger partial charge in [-0.25, -0.2) is 0 Å². The van der Waals surface area contributed by atoms with Crippen molar-refractivity contribution < 1.29 is 17.5 Å². The van der Waals surface area contributed by atoms with Crippen LogP contribution in [0, 0.1) is 17.0 Å². The van der Waals surface area contributed by atoms with Crippen LogP contribution >= 0.6 is 23.2 Å². The molecule has 0 aromatic heterocycles. The number of halogens is 2. The summed E-state index contributed by atoms with van der Waals surface area (Å²) in [6.45, 7) is 1.83. The van der Waals surface area contributed by atoms with Crippen molar-refractivity contribution in [1.29, 1.82) is 0 Å². The Labute approximate surface area is 182 Å². The number of nitro groups is 1. The van der Waals surface area contributed by atoms with Gasteiger partial charge < -0.3 is 4.18 Å².